The molecule has 1 amide bonds. The lowest BCUT2D eigenvalue weighted by molar-refractivity contribution is -0.138. The van der Waals surface area contributed by atoms with E-state index in [4.69, 9.17) is 0 Å². The number of aliphatic hydroxyl groups excluding tert-OH is 1. The molecule has 1 N–H and O–H groups in total. The molecule has 5 nitrogen and oxygen atoms in total. The van der Waals surface area contributed by atoms with E-state index < -0.39 is 6.23 Å². The molecule has 1 radical (unpaired) electrons. The van der Waals surface area contributed by atoms with Crippen LogP contribution in [0.2, 0.25) is 0 Å². The molecule has 2 atom stereocenters. The van der Waals surface area contributed by atoms with Gasteiger partial charge in [-0.3, -0.25) is 4.79 Å². The largest absolute Gasteiger partial charge is 0.374 e. The van der Waals surface area contributed by atoms with Gasteiger partial charge in [0.15, 0.2) is 0 Å². The van der Waals surface area contributed by atoms with Gasteiger partial charge >= 0.3 is 0 Å². The predicted octanol–water partition coefficient (Wildman–Crippen LogP) is 0.810. The molecule has 2 heterocycles. The van der Waals surface area contributed by atoms with Crippen LogP contribution in [0.3, 0.4) is 0 Å². The number of likely N-dealkylation sites (tertiary alicyclic amines) is 1. The van der Waals surface area contributed by atoms with E-state index in [0.29, 0.717) is 19.4 Å². The van der Waals surface area contributed by atoms with Gasteiger partial charge in [0.2, 0.25) is 5.91 Å². The van der Waals surface area contributed by atoms with Crippen LogP contribution in [0.4, 0.5) is 5.69 Å². The molecule has 2 aliphatic heterocycles. The fraction of sp³-hybridized carbons (Fsp3) is 0.562. The monoisotopic (exact) mass is 288 g/mol. The Kier molecular flexibility index (Phi) is 4.41. The van der Waals surface area contributed by atoms with Gasteiger partial charge in [-0.25, -0.2) is 5.32 Å². The summed E-state index contributed by atoms with van der Waals surface area (Å²) in [5, 5.41) is 14.4. The fourth-order valence-corrected chi connectivity index (χ4v) is 3.13. The molecule has 1 aromatic carbocycles. The van der Waals surface area contributed by atoms with Gasteiger partial charge in [-0.05, 0) is 25.0 Å². The third-order valence-electron chi connectivity index (χ3n) is 4.26. The maximum absolute atomic E-state index is 12.3. The lowest BCUT2D eigenvalue weighted by Crippen LogP contribution is -2.49. The number of carbonyl (C=O) groups is 1. The Morgan fingerprint density at radius 2 is 2.10 bits per heavy atom. The molecular weight excluding hydrogens is 266 g/mol. The summed E-state index contributed by atoms with van der Waals surface area (Å²) in [5.74, 6) is 0.0312. The Hall–Kier alpha value is -1.59. The molecule has 3 rings (SSSR count). The number of para-hydroxylation sites is 1. The van der Waals surface area contributed by atoms with Crippen molar-refractivity contribution in [2.45, 2.75) is 31.5 Å². The summed E-state index contributed by atoms with van der Waals surface area (Å²) in [6, 6.07) is 10.3. The van der Waals surface area contributed by atoms with Crippen molar-refractivity contribution in [2.75, 3.05) is 31.1 Å². The van der Waals surface area contributed by atoms with Crippen LogP contribution in [0.1, 0.15) is 19.3 Å². The molecule has 2 fully saturated rings. The Balaban J connectivity index is 1.57. The van der Waals surface area contributed by atoms with Crippen LogP contribution in [0.5, 0.6) is 0 Å². The molecule has 0 aromatic heterocycles. The second kappa shape index (κ2) is 6.45. The first-order valence-corrected chi connectivity index (χ1v) is 7.68. The van der Waals surface area contributed by atoms with Crippen molar-refractivity contribution < 1.29 is 9.90 Å². The van der Waals surface area contributed by atoms with Crippen LogP contribution in [0.25, 0.3) is 0 Å². The van der Waals surface area contributed by atoms with Crippen LogP contribution < -0.4 is 10.2 Å². The first kappa shape index (κ1) is 14.4. The topological polar surface area (TPSA) is 57.9 Å². The van der Waals surface area contributed by atoms with Gasteiger partial charge in [-0.15, -0.1) is 0 Å². The van der Waals surface area contributed by atoms with E-state index in [1.54, 1.807) is 4.90 Å². The average molecular weight is 288 g/mol. The summed E-state index contributed by atoms with van der Waals surface area (Å²) in [6.07, 6.45) is 1.40. The molecular formula is C16H22N3O2. The molecule has 2 aliphatic rings. The smallest absolute Gasteiger partial charge is 0.226 e. The summed E-state index contributed by atoms with van der Waals surface area (Å²) in [7, 11) is 0. The van der Waals surface area contributed by atoms with Gasteiger partial charge in [0.05, 0.1) is 6.04 Å². The summed E-state index contributed by atoms with van der Waals surface area (Å²) in [4.78, 5) is 16.1. The maximum Gasteiger partial charge on any atom is 0.226 e. The zero-order valence-electron chi connectivity index (χ0n) is 12.2. The third-order valence-corrected chi connectivity index (χ3v) is 4.26. The number of amides is 1. The minimum atomic E-state index is -0.591. The summed E-state index contributed by atoms with van der Waals surface area (Å²) in [5.41, 5.74) is 1.19. The minimum Gasteiger partial charge on any atom is -0.374 e. The van der Waals surface area contributed by atoms with Crippen molar-refractivity contribution in [1.29, 1.82) is 0 Å². The van der Waals surface area contributed by atoms with Gasteiger partial charge in [-0.2, -0.15) is 0 Å². The Morgan fingerprint density at radius 1 is 1.29 bits per heavy atom. The van der Waals surface area contributed by atoms with Crippen LogP contribution in [-0.4, -0.2) is 54.4 Å². The fourth-order valence-electron chi connectivity index (χ4n) is 3.13. The van der Waals surface area contributed by atoms with Crippen LogP contribution >= 0.6 is 0 Å². The first-order chi connectivity index (χ1) is 10.2. The molecule has 0 spiro atoms. The molecule has 0 saturated carbocycles. The number of carbonyl (C=O) groups excluding carboxylic acids is 1. The number of rotatable bonds is 3. The van der Waals surface area contributed by atoms with E-state index in [0.717, 1.165) is 26.1 Å². The number of anilines is 1. The van der Waals surface area contributed by atoms with Crippen molar-refractivity contribution in [1.82, 2.24) is 10.2 Å². The Morgan fingerprint density at radius 3 is 2.81 bits per heavy atom. The summed E-state index contributed by atoms with van der Waals surface area (Å²) >= 11 is 0. The zero-order valence-corrected chi connectivity index (χ0v) is 12.2. The standard InChI is InChI=1S/C16H22N3O2/c20-15-7-4-9-19(15)16(21)11-13-12-18(10-8-17-13)14-5-2-1-3-6-14/h1-3,5-6,13,15,20H,4,7-12H2. The first-order valence-electron chi connectivity index (χ1n) is 7.68. The van der Waals surface area contributed by atoms with Crippen LogP contribution in [-0.2, 0) is 4.79 Å². The molecule has 1 aromatic rings. The molecule has 21 heavy (non-hydrogen) atoms. The Labute approximate surface area is 125 Å². The highest BCUT2D eigenvalue weighted by molar-refractivity contribution is 5.77. The number of nitrogens with zero attached hydrogens (tertiary/aromatic N) is 3. The van der Waals surface area contributed by atoms with Crippen molar-refractivity contribution in [3.8, 4) is 0 Å². The molecule has 5 heteroatoms. The average Bonchev–Trinajstić information content (AvgIpc) is 2.95. The molecule has 113 valence electrons. The van der Waals surface area contributed by atoms with Gasteiger partial charge in [0, 0.05) is 38.3 Å². The van der Waals surface area contributed by atoms with Gasteiger partial charge < -0.3 is 14.9 Å². The quantitative estimate of drug-likeness (QED) is 0.895. The molecule has 0 bridgehead atoms. The van der Waals surface area contributed by atoms with E-state index in [1.807, 2.05) is 18.2 Å². The van der Waals surface area contributed by atoms with E-state index >= 15 is 0 Å². The molecule has 2 unspecified atom stereocenters. The lowest BCUT2D eigenvalue weighted by Gasteiger charge is -2.34. The predicted molar refractivity (Wildman–Crippen MR) is 81.0 cm³/mol. The van der Waals surface area contributed by atoms with Crippen molar-refractivity contribution >= 4 is 11.6 Å². The number of piperazine rings is 1. The minimum absolute atomic E-state index is 0.0271. The van der Waals surface area contributed by atoms with Gasteiger partial charge in [0.25, 0.3) is 0 Å². The van der Waals surface area contributed by atoms with E-state index in [-0.39, 0.29) is 11.9 Å². The second-order valence-electron chi connectivity index (χ2n) is 5.76. The van der Waals surface area contributed by atoms with Crippen LogP contribution in [0, 0.1) is 0 Å². The van der Waals surface area contributed by atoms with E-state index in [2.05, 4.69) is 22.3 Å². The lowest BCUT2D eigenvalue weighted by atomic mass is 10.1. The Bertz CT molecular complexity index is 480. The zero-order chi connectivity index (χ0) is 14.7. The normalized spacial score (nSPS) is 26.1. The van der Waals surface area contributed by atoms with Crippen molar-refractivity contribution in [2.24, 2.45) is 0 Å². The number of aliphatic hydroxyl groups is 1. The summed E-state index contributed by atoms with van der Waals surface area (Å²) < 4.78 is 0. The molecule has 2 saturated heterocycles. The highest BCUT2D eigenvalue weighted by Gasteiger charge is 2.30. The van der Waals surface area contributed by atoms with E-state index in [1.165, 1.54) is 5.69 Å². The number of benzene rings is 1. The van der Waals surface area contributed by atoms with Crippen molar-refractivity contribution in [3.63, 3.8) is 0 Å². The van der Waals surface area contributed by atoms with E-state index in [9.17, 15) is 9.90 Å². The van der Waals surface area contributed by atoms with Crippen LogP contribution in [0.15, 0.2) is 30.3 Å². The third kappa shape index (κ3) is 3.36. The second-order valence-corrected chi connectivity index (χ2v) is 5.76. The molecule has 0 aliphatic carbocycles. The number of hydrogen-bond acceptors (Lipinski definition) is 3. The van der Waals surface area contributed by atoms with Gasteiger partial charge in [0.1, 0.15) is 6.23 Å². The summed E-state index contributed by atoms with van der Waals surface area (Å²) in [6.45, 7) is 3.12. The highest BCUT2D eigenvalue weighted by atomic mass is 16.3. The maximum atomic E-state index is 12.3. The highest BCUT2D eigenvalue weighted by Crippen LogP contribution is 2.19. The van der Waals surface area contributed by atoms with Gasteiger partial charge in [-0.1, -0.05) is 18.2 Å². The number of hydrogen-bond donors (Lipinski definition) is 1. The van der Waals surface area contributed by atoms with Crippen molar-refractivity contribution in [3.05, 3.63) is 30.3 Å². The SMILES string of the molecule is O=C(CC1CN(c2ccccc2)CC[N]1)N1CCCC1O.